The molecule has 0 aliphatic heterocycles. The summed E-state index contributed by atoms with van der Waals surface area (Å²) in [5, 5.41) is 3.33. The van der Waals surface area contributed by atoms with Gasteiger partial charge in [0.25, 0.3) is 0 Å². The Hall–Kier alpha value is -1.35. The fraction of sp³-hybridized carbons (Fsp3) is 0.267. The van der Waals surface area contributed by atoms with E-state index in [0.29, 0.717) is 0 Å². The maximum atomic E-state index is 4.33. The highest BCUT2D eigenvalue weighted by Gasteiger charge is 1.99. The molecular weight excluding hydrogens is 288 g/mol. The summed E-state index contributed by atoms with van der Waals surface area (Å²) >= 11 is 3.45. The summed E-state index contributed by atoms with van der Waals surface area (Å²) in [6, 6.07) is 10.7. The molecule has 94 valence electrons. The van der Waals surface area contributed by atoms with Gasteiger partial charge in [0.15, 0.2) is 0 Å². The number of aromatic nitrogens is 1. The lowest BCUT2D eigenvalue weighted by Gasteiger charge is -2.07. The molecule has 1 aromatic heterocycles. The van der Waals surface area contributed by atoms with Gasteiger partial charge in [-0.2, -0.15) is 0 Å². The van der Waals surface area contributed by atoms with Crippen molar-refractivity contribution in [2.24, 2.45) is 0 Å². The molecule has 2 rings (SSSR count). The fourth-order valence-corrected chi connectivity index (χ4v) is 1.94. The molecule has 0 aliphatic carbocycles. The van der Waals surface area contributed by atoms with E-state index < -0.39 is 0 Å². The Labute approximate surface area is 117 Å². The number of benzene rings is 1. The molecule has 0 bridgehead atoms. The van der Waals surface area contributed by atoms with Gasteiger partial charge in [0.1, 0.15) is 5.82 Å². The van der Waals surface area contributed by atoms with Crippen molar-refractivity contribution in [1.29, 1.82) is 0 Å². The highest BCUT2D eigenvalue weighted by Crippen LogP contribution is 2.17. The molecule has 2 nitrogen and oxygen atoms in total. The first kappa shape index (κ1) is 13.1. The maximum absolute atomic E-state index is 4.33. The third kappa shape index (κ3) is 3.33. The van der Waals surface area contributed by atoms with E-state index in [0.717, 1.165) is 23.3 Å². The lowest BCUT2D eigenvalue weighted by molar-refractivity contribution is 1.08. The SMILES string of the molecule is CCc1ccc(CNc2cc(C)c(Br)cn2)cc1. The van der Waals surface area contributed by atoms with Gasteiger partial charge in [-0.1, -0.05) is 31.2 Å². The molecule has 1 aromatic carbocycles. The van der Waals surface area contributed by atoms with Crippen LogP contribution in [0.2, 0.25) is 0 Å². The Morgan fingerprint density at radius 2 is 1.83 bits per heavy atom. The van der Waals surface area contributed by atoms with Gasteiger partial charge in [-0.05, 0) is 52.0 Å². The molecular formula is C15H17BrN2. The van der Waals surface area contributed by atoms with Crippen molar-refractivity contribution in [2.45, 2.75) is 26.8 Å². The second-order valence-corrected chi connectivity index (χ2v) is 5.20. The van der Waals surface area contributed by atoms with E-state index >= 15 is 0 Å². The molecule has 3 heteroatoms. The van der Waals surface area contributed by atoms with E-state index in [2.05, 4.69) is 64.3 Å². The van der Waals surface area contributed by atoms with Crippen LogP contribution in [0.5, 0.6) is 0 Å². The smallest absolute Gasteiger partial charge is 0.126 e. The third-order valence-electron chi connectivity index (χ3n) is 2.95. The zero-order chi connectivity index (χ0) is 13.0. The van der Waals surface area contributed by atoms with Crippen molar-refractivity contribution < 1.29 is 0 Å². The second-order valence-electron chi connectivity index (χ2n) is 4.34. The molecule has 0 saturated carbocycles. The Kier molecular flexibility index (Phi) is 4.37. The van der Waals surface area contributed by atoms with Crippen molar-refractivity contribution >= 4 is 21.7 Å². The summed E-state index contributed by atoms with van der Waals surface area (Å²) in [6.07, 6.45) is 2.92. The molecule has 2 aromatic rings. The van der Waals surface area contributed by atoms with Crippen LogP contribution in [0, 0.1) is 6.92 Å². The van der Waals surface area contributed by atoms with Crippen LogP contribution >= 0.6 is 15.9 Å². The first-order valence-electron chi connectivity index (χ1n) is 6.13. The van der Waals surface area contributed by atoms with Crippen LogP contribution in [0.1, 0.15) is 23.6 Å². The van der Waals surface area contributed by atoms with Crippen molar-refractivity contribution in [3.05, 3.63) is 57.7 Å². The number of aryl methyl sites for hydroxylation is 2. The first-order chi connectivity index (χ1) is 8.69. The summed E-state index contributed by atoms with van der Waals surface area (Å²) in [6.45, 7) is 5.03. The van der Waals surface area contributed by atoms with Gasteiger partial charge in [0, 0.05) is 17.2 Å². The summed E-state index contributed by atoms with van der Waals surface area (Å²) < 4.78 is 1.04. The van der Waals surface area contributed by atoms with Gasteiger partial charge in [-0.15, -0.1) is 0 Å². The largest absolute Gasteiger partial charge is 0.366 e. The van der Waals surface area contributed by atoms with Crippen LogP contribution < -0.4 is 5.32 Å². The quantitative estimate of drug-likeness (QED) is 0.909. The summed E-state index contributed by atoms with van der Waals surface area (Å²) in [5.41, 5.74) is 3.83. The average molecular weight is 305 g/mol. The van der Waals surface area contributed by atoms with Crippen molar-refractivity contribution in [3.63, 3.8) is 0 Å². The Morgan fingerprint density at radius 3 is 2.44 bits per heavy atom. The van der Waals surface area contributed by atoms with E-state index in [1.54, 1.807) is 0 Å². The number of anilines is 1. The number of halogens is 1. The normalized spacial score (nSPS) is 10.4. The summed E-state index contributed by atoms with van der Waals surface area (Å²) in [4.78, 5) is 4.33. The number of hydrogen-bond acceptors (Lipinski definition) is 2. The van der Waals surface area contributed by atoms with Gasteiger partial charge >= 0.3 is 0 Å². The Balaban J connectivity index is 1.99. The van der Waals surface area contributed by atoms with Crippen LogP contribution in [-0.4, -0.2) is 4.98 Å². The van der Waals surface area contributed by atoms with Gasteiger partial charge < -0.3 is 5.32 Å². The van der Waals surface area contributed by atoms with Crippen molar-refractivity contribution in [3.8, 4) is 0 Å². The van der Waals surface area contributed by atoms with Crippen molar-refractivity contribution in [1.82, 2.24) is 4.98 Å². The zero-order valence-electron chi connectivity index (χ0n) is 10.7. The van der Waals surface area contributed by atoms with E-state index in [9.17, 15) is 0 Å². The maximum Gasteiger partial charge on any atom is 0.126 e. The Morgan fingerprint density at radius 1 is 1.17 bits per heavy atom. The van der Waals surface area contributed by atoms with Crippen LogP contribution in [0.4, 0.5) is 5.82 Å². The van der Waals surface area contributed by atoms with Crippen LogP contribution in [-0.2, 0) is 13.0 Å². The number of rotatable bonds is 4. The molecule has 0 unspecified atom stereocenters. The predicted molar refractivity (Wildman–Crippen MR) is 79.8 cm³/mol. The number of nitrogens with one attached hydrogen (secondary N) is 1. The lowest BCUT2D eigenvalue weighted by Crippen LogP contribution is -2.01. The highest BCUT2D eigenvalue weighted by molar-refractivity contribution is 9.10. The molecule has 0 amide bonds. The minimum atomic E-state index is 0.804. The summed E-state index contributed by atoms with van der Waals surface area (Å²) in [5.74, 6) is 0.912. The van der Waals surface area contributed by atoms with E-state index in [1.165, 1.54) is 16.7 Å². The van der Waals surface area contributed by atoms with Crippen molar-refractivity contribution in [2.75, 3.05) is 5.32 Å². The standard InChI is InChI=1S/C15H17BrN2/c1-3-12-4-6-13(7-5-12)9-17-15-8-11(2)14(16)10-18-15/h4-8,10H,3,9H2,1-2H3,(H,17,18). The van der Waals surface area contributed by atoms with Crippen LogP contribution in [0.15, 0.2) is 41.0 Å². The van der Waals surface area contributed by atoms with E-state index in [4.69, 9.17) is 0 Å². The van der Waals surface area contributed by atoms with Gasteiger partial charge in [0.2, 0.25) is 0 Å². The minimum absolute atomic E-state index is 0.804. The van der Waals surface area contributed by atoms with E-state index in [1.807, 2.05) is 12.3 Å². The number of hydrogen-bond donors (Lipinski definition) is 1. The lowest BCUT2D eigenvalue weighted by atomic mass is 10.1. The van der Waals surface area contributed by atoms with Crippen LogP contribution in [0.25, 0.3) is 0 Å². The molecule has 0 fully saturated rings. The Bertz CT molecular complexity index is 521. The molecule has 1 N–H and O–H groups in total. The zero-order valence-corrected chi connectivity index (χ0v) is 12.3. The van der Waals surface area contributed by atoms with Gasteiger partial charge in [-0.3, -0.25) is 0 Å². The fourth-order valence-electron chi connectivity index (χ4n) is 1.72. The van der Waals surface area contributed by atoms with E-state index in [-0.39, 0.29) is 0 Å². The summed E-state index contributed by atoms with van der Waals surface area (Å²) in [7, 11) is 0. The number of pyridine rings is 1. The first-order valence-corrected chi connectivity index (χ1v) is 6.92. The number of nitrogens with zero attached hydrogens (tertiary/aromatic N) is 1. The molecule has 0 radical (unpaired) electrons. The average Bonchev–Trinajstić information content (AvgIpc) is 2.41. The molecule has 0 aliphatic rings. The van der Waals surface area contributed by atoms with Crippen LogP contribution in [0.3, 0.4) is 0 Å². The molecule has 0 atom stereocenters. The topological polar surface area (TPSA) is 24.9 Å². The molecule has 1 heterocycles. The molecule has 0 spiro atoms. The van der Waals surface area contributed by atoms with Gasteiger partial charge in [0.05, 0.1) is 0 Å². The predicted octanol–water partition coefficient (Wildman–Crippen LogP) is 4.33. The molecule has 0 saturated heterocycles. The molecule has 18 heavy (non-hydrogen) atoms. The monoisotopic (exact) mass is 304 g/mol. The third-order valence-corrected chi connectivity index (χ3v) is 3.78. The highest BCUT2D eigenvalue weighted by atomic mass is 79.9. The minimum Gasteiger partial charge on any atom is -0.366 e. The second kappa shape index (κ2) is 6.01. The van der Waals surface area contributed by atoms with Gasteiger partial charge in [-0.25, -0.2) is 4.98 Å².